The van der Waals surface area contributed by atoms with Gasteiger partial charge in [0, 0.05) is 5.02 Å². The standard InChI is InChI=1S/C17H27ClO/c1-3-4-5-6-7-8-9-10-17(19)15-11-14(2)12-16(18)13-15/h11-13,17,19H,3-10H2,1-2H3. The van der Waals surface area contributed by atoms with Crippen LogP contribution in [0.15, 0.2) is 18.2 Å². The van der Waals surface area contributed by atoms with E-state index in [2.05, 4.69) is 6.92 Å². The first-order valence-corrected chi connectivity index (χ1v) is 7.96. The number of aryl methyl sites for hydroxylation is 1. The maximum atomic E-state index is 10.2. The molecule has 1 unspecified atom stereocenters. The lowest BCUT2D eigenvalue weighted by Crippen LogP contribution is -1.98. The van der Waals surface area contributed by atoms with Gasteiger partial charge < -0.3 is 5.11 Å². The molecule has 1 N–H and O–H groups in total. The van der Waals surface area contributed by atoms with Crippen LogP contribution >= 0.6 is 11.6 Å². The summed E-state index contributed by atoms with van der Waals surface area (Å²) in [4.78, 5) is 0. The summed E-state index contributed by atoms with van der Waals surface area (Å²) >= 11 is 6.02. The van der Waals surface area contributed by atoms with Crippen LogP contribution in [0.4, 0.5) is 0 Å². The summed E-state index contributed by atoms with van der Waals surface area (Å²) in [6, 6.07) is 5.82. The van der Waals surface area contributed by atoms with E-state index in [4.69, 9.17) is 11.6 Å². The zero-order valence-corrected chi connectivity index (χ0v) is 13.0. The average Bonchev–Trinajstić information content (AvgIpc) is 2.36. The number of hydrogen-bond donors (Lipinski definition) is 1. The van der Waals surface area contributed by atoms with Gasteiger partial charge in [0.05, 0.1) is 6.10 Å². The highest BCUT2D eigenvalue weighted by atomic mass is 35.5. The molecule has 1 nitrogen and oxygen atoms in total. The van der Waals surface area contributed by atoms with Gasteiger partial charge in [-0.05, 0) is 36.6 Å². The van der Waals surface area contributed by atoms with Crippen molar-refractivity contribution >= 4 is 11.6 Å². The fourth-order valence-corrected chi connectivity index (χ4v) is 2.72. The van der Waals surface area contributed by atoms with Crippen molar-refractivity contribution in [2.45, 2.75) is 71.3 Å². The topological polar surface area (TPSA) is 20.2 Å². The second kappa shape index (κ2) is 9.39. The summed E-state index contributed by atoms with van der Waals surface area (Å²) in [6.07, 6.45) is 9.42. The van der Waals surface area contributed by atoms with Crippen LogP contribution < -0.4 is 0 Å². The molecule has 0 amide bonds. The average molecular weight is 283 g/mol. The minimum atomic E-state index is -0.368. The van der Waals surface area contributed by atoms with Gasteiger partial charge in [-0.25, -0.2) is 0 Å². The van der Waals surface area contributed by atoms with E-state index in [0.717, 1.165) is 24.0 Å². The zero-order chi connectivity index (χ0) is 14.1. The highest BCUT2D eigenvalue weighted by Gasteiger charge is 2.08. The number of aliphatic hydroxyl groups is 1. The van der Waals surface area contributed by atoms with Crippen LogP contribution in [0.3, 0.4) is 0 Å². The Hall–Kier alpha value is -0.530. The van der Waals surface area contributed by atoms with E-state index >= 15 is 0 Å². The van der Waals surface area contributed by atoms with Gasteiger partial charge in [0.2, 0.25) is 0 Å². The molecule has 0 aromatic heterocycles. The van der Waals surface area contributed by atoms with Gasteiger partial charge in [0.15, 0.2) is 0 Å². The molecule has 108 valence electrons. The third kappa shape index (κ3) is 6.98. The van der Waals surface area contributed by atoms with Gasteiger partial charge in [-0.1, -0.05) is 69.5 Å². The molecular weight excluding hydrogens is 256 g/mol. The van der Waals surface area contributed by atoms with Crippen molar-refractivity contribution in [2.75, 3.05) is 0 Å². The number of rotatable bonds is 9. The van der Waals surface area contributed by atoms with Gasteiger partial charge in [0.25, 0.3) is 0 Å². The van der Waals surface area contributed by atoms with E-state index in [-0.39, 0.29) is 6.10 Å². The van der Waals surface area contributed by atoms with Gasteiger partial charge in [-0.15, -0.1) is 0 Å². The summed E-state index contributed by atoms with van der Waals surface area (Å²) in [7, 11) is 0. The van der Waals surface area contributed by atoms with E-state index in [9.17, 15) is 5.11 Å². The maximum Gasteiger partial charge on any atom is 0.0790 e. The number of hydrogen-bond acceptors (Lipinski definition) is 1. The minimum absolute atomic E-state index is 0.368. The van der Waals surface area contributed by atoms with Gasteiger partial charge in [-0.2, -0.15) is 0 Å². The Labute approximate surface area is 123 Å². The van der Waals surface area contributed by atoms with Crippen LogP contribution in [0.25, 0.3) is 0 Å². The predicted molar refractivity (Wildman–Crippen MR) is 83.8 cm³/mol. The van der Waals surface area contributed by atoms with E-state index < -0.39 is 0 Å². The molecule has 19 heavy (non-hydrogen) atoms. The van der Waals surface area contributed by atoms with E-state index in [0.29, 0.717) is 5.02 Å². The SMILES string of the molecule is CCCCCCCCCC(O)c1cc(C)cc(Cl)c1. The highest BCUT2D eigenvalue weighted by Crippen LogP contribution is 2.24. The van der Waals surface area contributed by atoms with Crippen molar-refractivity contribution in [2.24, 2.45) is 0 Å². The van der Waals surface area contributed by atoms with Crippen molar-refractivity contribution in [1.29, 1.82) is 0 Å². The van der Waals surface area contributed by atoms with Crippen LogP contribution in [0.2, 0.25) is 5.02 Å². The molecule has 1 atom stereocenters. The molecule has 0 aliphatic heterocycles. The first kappa shape index (κ1) is 16.5. The molecule has 0 aliphatic rings. The molecule has 0 saturated heterocycles. The van der Waals surface area contributed by atoms with Crippen LogP contribution in [0.5, 0.6) is 0 Å². The third-order valence-corrected chi connectivity index (χ3v) is 3.75. The molecule has 1 rings (SSSR count). The van der Waals surface area contributed by atoms with E-state index in [1.54, 1.807) is 0 Å². The summed E-state index contributed by atoms with van der Waals surface area (Å²) in [6.45, 7) is 4.25. The number of benzene rings is 1. The zero-order valence-electron chi connectivity index (χ0n) is 12.3. The fraction of sp³-hybridized carbons (Fsp3) is 0.647. The Morgan fingerprint density at radius 2 is 1.63 bits per heavy atom. The molecule has 0 aliphatic carbocycles. The molecule has 1 aromatic rings. The van der Waals surface area contributed by atoms with Crippen molar-refractivity contribution in [3.8, 4) is 0 Å². The largest absolute Gasteiger partial charge is 0.388 e. The Morgan fingerprint density at radius 3 is 2.26 bits per heavy atom. The first-order chi connectivity index (χ1) is 9.13. The van der Waals surface area contributed by atoms with Gasteiger partial charge in [0.1, 0.15) is 0 Å². The number of aliphatic hydroxyl groups excluding tert-OH is 1. The molecule has 0 heterocycles. The van der Waals surface area contributed by atoms with Crippen LogP contribution in [0, 0.1) is 6.92 Å². The molecule has 0 spiro atoms. The Balaban J connectivity index is 2.22. The van der Waals surface area contributed by atoms with Crippen molar-refractivity contribution in [3.63, 3.8) is 0 Å². The lowest BCUT2D eigenvalue weighted by molar-refractivity contribution is 0.163. The minimum Gasteiger partial charge on any atom is -0.388 e. The second-order valence-electron chi connectivity index (χ2n) is 5.49. The van der Waals surface area contributed by atoms with E-state index in [1.165, 1.54) is 38.5 Å². The monoisotopic (exact) mass is 282 g/mol. The quantitative estimate of drug-likeness (QED) is 0.566. The first-order valence-electron chi connectivity index (χ1n) is 7.58. The third-order valence-electron chi connectivity index (χ3n) is 3.53. The van der Waals surface area contributed by atoms with Crippen LogP contribution in [-0.2, 0) is 0 Å². The molecular formula is C17H27ClO. The van der Waals surface area contributed by atoms with Crippen molar-refractivity contribution in [3.05, 3.63) is 34.3 Å². The lowest BCUT2D eigenvalue weighted by Gasteiger charge is -2.12. The van der Waals surface area contributed by atoms with Crippen LogP contribution in [0.1, 0.15) is 75.5 Å². The normalized spacial score (nSPS) is 12.6. The summed E-state index contributed by atoms with van der Waals surface area (Å²) in [5, 5.41) is 10.9. The Morgan fingerprint density at radius 1 is 1.00 bits per heavy atom. The van der Waals surface area contributed by atoms with Crippen LogP contribution in [-0.4, -0.2) is 5.11 Å². The molecule has 0 fully saturated rings. The second-order valence-corrected chi connectivity index (χ2v) is 5.92. The lowest BCUT2D eigenvalue weighted by atomic mass is 10.0. The van der Waals surface area contributed by atoms with Crippen molar-refractivity contribution in [1.82, 2.24) is 0 Å². The maximum absolute atomic E-state index is 10.2. The van der Waals surface area contributed by atoms with E-state index in [1.807, 2.05) is 25.1 Å². The fourth-order valence-electron chi connectivity index (χ4n) is 2.42. The van der Waals surface area contributed by atoms with Gasteiger partial charge >= 0.3 is 0 Å². The smallest absolute Gasteiger partial charge is 0.0790 e. The number of halogens is 1. The Bertz CT molecular complexity index is 342. The molecule has 0 saturated carbocycles. The summed E-state index contributed by atoms with van der Waals surface area (Å²) < 4.78 is 0. The van der Waals surface area contributed by atoms with Gasteiger partial charge in [-0.3, -0.25) is 0 Å². The summed E-state index contributed by atoms with van der Waals surface area (Å²) in [5.74, 6) is 0. The Kier molecular flexibility index (Phi) is 8.16. The molecule has 1 aromatic carbocycles. The predicted octanol–water partition coefficient (Wildman–Crippen LogP) is 5.82. The molecule has 2 heteroatoms. The number of unbranched alkanes of at least 4 members (excludes halogenated alkanes) is 6. The summed E-state index contributed by atoms with van der Waals surface area (Å²) in [5.41, 5.74) is 2.07. The molecule has 0 bridgehead atoms. The highest BCUT2D eigenvalue weighted by molar-refractivity contribution is 6.30. The molecule has 0 radical (unpaired) electrons. The van der Waals surface area contributed by atoms with Crippen molar-refractivity contribution < 1.29 is 5.11 Å².